The van der Waals surface area contributed by atoms with Gasteiger partial charge in [0.25, 0.3) is 5.69 Å². The summed E-state index contributed by atoms with van der Waals surface area (Å²) in [4.78, 5) is 12.5. The lowest BCUT2D eigenvalue weighted by Gasteiger charge is -2.14. The summed E-state index contributed by atoms with van der Waals surface area (Å²) in [6, 6.07) is 4.88. The molecule has 1 aliphatic rings. The van der Waals surface area contributed by atoms with Gasteiger partial charge >= 0.3 is 0 Å². The van der Waals surface area contributed by atoms with Crippen LogP contribution in [0.25, 0.3) is 0 Å². The van der Waals surface area contributed by atoms with Gasteiger partial charge < -0.3 is 9.64 Å². The van der Waals surface area contributed by atoms with E-state index < -0.39 is 0 Å². The lowest BCUT2D eigenvalue weighted by molar-refractivity contribution is -0.385. The second-order valence-corrected chi connectivity index (χ2v) is 4.55. The van der Waals surface area contributed by atoms with Gasteiger partial charge in [0.1, 0.15) is 11.9 Å². The zero-order valence-corrected chi connectivity index (χ0v) is 10.0. The van der Waals surface area contributed by atoms with E-state index in [4.69, 9.17) is 4.74 Å². The maximum atomic E-state index is 10.7. The number of likely N-dealkylation sites (N-methyl/N-ethyl adjacent to an activating group) is 1. The molecule has 0 radical (unpaired) electrons. The second kappa shape index (κ2) is 4.71. The Morgan fingerprint density at radius 3 is 2.82 bits per heavy atom. The average Bonchev–Trinajstić information content (AvgIpc) is 2.63. The molecule has 0 spiro atoms. The van der Waals surface area contributed by atoms with Crippen LogP contribution in [-0.2, 0) is 0 Å². The van der Waals surface area contributed by atoms with Crippen LogP contribution in [0.4, 0.5) is 5.69 Å². The highest BCUT2D eigenvalue weighted by atomic mass is 16.6. The van der Waals surface area contributed by atoms with Crippen molar-refractivity contribution in [1.82, 2.24) is 4.90 Å². The Balaban J connectivity index is 2.12. The van der Waals surface area contributed by atoms with Gasteiger partial charge in [-0.25, -0.2) is 0 Å². The topological polar surface area (TPSA) is 55.6 Å². The van der Waals surface area contributed by atoms with E-state index >= 15 is 0 Å². The SMILES string of the molecule is Cc1cc(O[C@H]2CCN(C)C2)cc([N+](=O)[O-])c1. The Hall–Kier alpha value is -1.62. The van der Waals surface area contributed by atoms with Crippen LogP contribution >= 0.6 is 0 Å². The average molecular weight is 236 g/mol. The van der Waals surface area contributed by atoms with E-state index in [1.807, 2.05) is 20.0 Å². The Morgan fingerprint density at radius 1 is 1.47 bits per heavy atom. The van der Waals surface area contributed by atoms with E-state index in [-0.39, 0.29) is 16.7 Å². The summed E-state index contributed by atoms with van der Waals surface area (Å²) in [5.41, 5.74) is 0.937. The molecular formula is C12H16N2O3. The number of rotatable bonds is 3. The zero-order valence-electron chi connectivity index (χ0n) is 10.0. The Labute approximate surface area is 100 Å². The van der Waals surface area contributed by atoms with Crippen molar-refractivity contribution in [2.24, 2.45) is 0 Å². The smallest absolute Gasteiger partial charge is 0.273 e. The van der Waals surface area contributed by atoms with Gasteiger partial charge in [-0.2, -0.15) is 0 Å². The summed E-state index contributed by atoms with van der Waals surface area (Å²) in [5, 5.41) is 10.7. The number of ether oxygens (including phenoxy) is 1. The normalized spacial score (nSPS) is 20.5. The van der Waals surface area contributed by atoms with Crippen LogP contribution in [-0.4, -0.2) is 36.1 Å². The van der Waals surface area contributed by atoms with E-state index in [1.54, 1.807) is 6.07 Å². The highest BCUT2D eigenvalue weighted by molar-refractivity contribution is 5.42. The molecule has 2 rings (SSSR count). The van der Waals surface area contributed by atoms with Crippen LogP contribution in [0.5, 0.6) is 5.75 Å². The first-order chi connectivity index (χ1) is 8.04. The predicted octanol–water partition coefficient (Wildman–Crippen LogP) is 1.99. The fourth-order valence-electron chi connectivity index (χ4n) is 2.09. The first kappa shape index (κ1) is 11.9. The molecule has 0 aromatic heterocycles. The van der Waals surface area contributed by atoms with E-state index in [2.05, 4.69) is 4.90 Å². The fraction of sp³-hybridized carbons (Fsp3) is 0.500. The standard InChI is InChI=1S/C12H16N2O3/c1-9-5-10(14(15)16)7-12(6-9)17-11-3-4-13(2)8-11/h5-7,11H,3-4,8H2,1-2H3/t11-/m0/s1. The lowest BCUT2D eigenvalue weighted by atomic mass is 10.2. The van der Waals surface area contributed by atoms with Crippen molar-refractivity contribution in [3.05, 3.63) is 33.9 Å². The molecule has 5 nitrogen and oxygen atoms in total. The van der Waals surface area contributed by atoms with E-state index in [0.717, 1.165) is 25.1 Å². The fourth-order valence-corrected chi connectivity index (χ4v) is 2.09. The largest absolute Gasteiger partial charge is 0.489 e. The third-order valence-electron chi connectivity index (χ3n) is 2.90. The molecule has 1 atom stereocenters. The number of aryl methyl sites for hydroxylation is 1. The van der Waals surface area contributed by atoms with Crippen LogP contribution in [0.3, 0.4) is 0 Å². The predicted molar refractivity (Wildman–Crippen MR) is 64.4 cm³/mol. The van der Waals surface area contributed by atoms with E-state index in [1.165, 1.54) is 6.07 Å². The Bertz CT molecular complexity index is 434. The maximum Gasteiger partial charge on any atom is 0.273 e. The molecule has 17 heavy (non-hydrogen) atoms. The van der Waals surface area contributed by atoms with Crippen LogP contribution < -0.4 is 4.74 Å². The molecule has 1 saturated heterocycles. The number of non-ortho nitro benzene ring substituents is 1. The zero-order chi connectivity index (χ0) is 12.4. The molecule has 0 aliphatic carbocycles. The molecule has 1 aromatic rings. The van der Waals surface area contributed by atoms with Crippen molar-refractivity contribution in [3.63, 3.8) is 0 Å². The molecule has 92 valence electrons. The van der Waals surface area contributed by atoms with Gasteiger partial charge in [-0.3, -0.25) is 10.1 Å². The summed E-state index contributed by atoms with van der Waals surface area (Å²) < 4.78 is 5.77. The Morgan fingerprint density at radius 2 is 2.24 bits per heavy atom. The van der Waals surface area contributed by atoms with Crippen molar-refractivity contribution < 1.29 is 9.66 Å². The highest BCUT2D eigenvalue weighted by Gasteiger charge is 2.21. The molecule has 0 unspecified atom stereocenters. The van der Waals surface area contributed by atoms with Crippen LogP contribution in [0.1, 0.15) is 12.0 Å². The number of nitrogens with zero attached hydrogens (tertiary/aromatic N) is 2. The number of benzene rings is 1. The minimum absolute atomic E-state index is 0.0892. The van der Waals surface area contributed by atoms with Gasteiger partial charge in [0.15, 0.2) is 0 Å². The first-order valence-corrected chi connectivity index (χ1v) is 5.66. The van der Waals surface area contributed by atoms with Crippen LogP contribution in [0.15, 0.2) is 18.2 Å². The van der Waals surface area contributed by atoms with Crippen LogP contribution in [0, 0.1) is 17.0 Å². The minimum atomic E-state index is -0.388. The molecule has 0 N–H and O–H groups in total. The molecule has 0 bridgehead atoms. The first-order valence-electron chi connectivity index (χ1n) is 5.66. The summed E-state index contributed by atoms with van der Waals surface area (Å²) in [6.45, 7) is 3.72. The number of nitro groups is 1. The number of nitro benzene ring substituents is 1. The lowest BCUT2D eigenvalue weighted by Crippen LogP contribution is -2.21. The Kier molecular flexibility index (Phi) is 3.28. The maximum absolute atomic E-state index is 10.7. The van der Waals surface area contributed by atoms with Crippen molar-refractivity contribution in [2.75, 3.05) is 20.1 Å². The monoisotopic (exact) mass is 236 g/mol. The van der Waals surface area contributed by atoms with Crippen LogP contribution in [0.2, 0.25) is 0 Å². The van der Waals surface area contributed by atoms with Gasteiger partial charge in [-0.15, -0.1) is 0 Å². The van der Waals surface area contributed by atoms with Gasteiger partial charge in [-0.05, 0) is 32.0 Å². The highest BCUT2D eigenvalue weighted by Crippen LogP contribution is 2.24. The molecule has 1 fully saturated rings. The van der Waals surface area contributed by atoms with Gasteiger partial charge in [0.05, 0.1) is 11.0 Å². The quantitative estimate of drug-likeness (QED) is 0.595. The van der Waals surface area contributed by atoms with Gasteiger partial charge in [-0.1, -0.05) is 0 Å². The molecule has 1 aromatic carbocycles. The third-order valence-corrected chi connectivity index (χ3v) is 2.90. The molecular weight excluding hydrogens is 220 g/mol. The summed E-state index contributed by atoms with van der Waals surface area (Å²) in [5.74, 6) is 0.594. The third kappa shape index (κ3) is 2.94. The summed E-state index contributed by atoms with van der Waals surface area (Å²) in [7, 11) is 2.04. The van der Waals surface area contributed by atoms with Crippen molar-refractivity contribution >= 4 is 5.69 Å². The van der Waals surface area contributed by atoms with Crippen molar-refractivity contribution in [2.45, 2.75) is 19.4 Å². The second-order valence-electron chi connectivity index (χ2n) is 4.55. The number of likely N-dealkylation sites (tertiary alicyclic amines) is 1. The van der Waals surface area contributed by atoms with Crippen molar-refractivity contribution in [3.8, 4) is 5.75 Å². The molecule has 0 saturated carbocycles. The molecule has 5 heteroatoms. The van der Waals surface area contributed by atoms with Gasteiger partial charge in [0.2, 0.25) is 0 Å². The minimum Gasteiger partial charge on any atom is -0.489 e. The van der Waals surface area contributed by atoms with Crippen molar-refractivity contribution in [1.29, 1.82) is 0 Å². The van der Waals surface area contributed by atoms with Gasteiger partial charge in [0, 0.05) is 19.2 Å². The van der Waals surface area contributed by atoms with E-state index in [9.17, 15) is 10.1 Å². The molecule has 0 amide bonds. The summed E-state index contributed by atoms with van der Waals surface area (Å²) in [6.07, 6.45) is 1.11. The summed E-state index contributed by atoms with van der Waals surface area (Å²) >= 11 is 0. The van der Waals surface area contributed by atoms with E-state index in [0.29, 0.717) is 5.75 Å². The number of hydrogen-bond acceptors (Lipinski definition) is 4. The molecule has 1 heterocycles. The molecule has 1 aliphatic heterocycles. The number of hydrogen-bond donors (Lipinski definition) is 0.